The number of anilines is 1. The van der Waals surface area contributed by atoms with Crippen LogP contribution in [0.4, 0.5) is 5.13 Å². The molecule has 5 rings (SSSR count). The second kappa shape index (κ2) is 10.0. The first-order valence-electron chi connectivity index (χ1n) is 11.2. The van der Waals surface area contributed by atoms with Gasteiger partial charge < -0.3 is 19.9 Å². The van der Waals surface area contributed by atoms with Gasteiger partial charge in [-0.05, 0) is 18.9 Å². The van der Waals surface area contributed by atoms with Crippen molar-refractivity contribution in [2.24, 2.45) is 0 Å². The maximum atomic E-state index is 12.0. The van der Waals surface area contributed by atoms with Gasteiger partial charge in [-0.15, -0.1) is 16.4 Å². The molecular formula is C25H21N5O5S. The number of benzene rings is 2. The van der Waals surface area contributed by atoms with Crippen molar-refractivity contribution in [2.45, 2.75) is 25.8 Å². The first-order valence-corrected chi connectivity index (χ1v) is 12.1. The molecule has 0 saturated heterocycles. The van der Waals surface area contributed by atoms with Gasteiger partial charge in [0.05, 0.1) is 11.8 Å². The number of carboxylic acid groups (broad SMARTS) is 1. The zero-order valence-electron chi connectivity index (χ0n) is 18.9. The van der Waals surface area contributed by atoms with E-state index in [0.29, 0.717) is 58.9 Å². The van der Waals surface area contributed by atoms with E-state index >= 15 is 0 Å². The number of aromatic nitrogens is 4. The number of carbonyl (C=O) groups is 2. The average molecular weight is 504 g/mol. The third kappa shape index (κ3) is 4.82. The van der Waals surface area contributed by atoms with E-state index in [1.165, 1.54) is 23.5 Å². The molecule has 3 aromatic heterocycles. The van der Waals surface area contributed by atoms with E-state index in [4.69, 9.17) is 4.42 Å². The number of carbonyl (C=O) groups excluding carboxylic acids is 1. The maximum absolute atomic E-state index is 12.0. The zero-order valence-corrected chi connectivity index (χ0v) is 19.7. The molecule has 182 valence electrons. The zero-order chi connectivity index (χ0) is 25.1. The summed E-state index contributed by atoms with van der Waals surface area (Å²) in [6.07, 6.45) is 5.15. The van der Waals surface area contributed by atoms with Crippen LogP contribution in [0.15, 0.2) is 64.7 Å². The highest BCUT2D eigenvalue weighted by molar-refractivity contribution is 7.13. The number of fused-ring (bicyclic) bond motifs is 1. The lowest BCUT2D eigenvalue weighted by Crippen LogP contribution is -2.11. The molecule has 5 aromatic rings. The molecule has 0 aliphatic rings. The van der Waals surface area contributed by atoms with Gasteiger partial charge in [-0.3, -0.25) is 9.48 Å². The van der Waals surface area contributed by atoms with Crippen molar-refractivity contribution in [1.82, 2.24) is 20.0 Å². The number of phenols is 1. The van der Waals surface area contributed by atoms with E-state index in [9.17, 15) is 19.8 Å². The van der Waals surface area contributed by atoms with E-state index in [-0.39, 0.29) is 17.2 Å². The summed E-state index contributed by atoms with van der Waals surface area (Å²) in [4.78, 5) is 27.7. The van der Waals surface area contributed by atoms with Crippen molar-refractivity contribution in [3.05, 3.63) is 65.8 Å². The molecule has 0 radical (unpaired) electrons. The standard InChI is InChI=1S/C25H21N5O5S/c31-19-13-20-17(12-16(19)24(33)34)22(23(35-20)15-6-2-1-3-7-15)18-14-30(29-28-18)10-5-4-8-21(32)27-25-26-9-11-36-25/h1-3,6-7,9,11-14,31H,4-5,8,10H2,(H,33,34)(H,26,27,32). The fourth-order valence-electron chi connectivity index (χ4n) is 3.90. The number of hydrogen-bond acceptors (Lipinski definition) is 8. The molecule has 0 fully saturated rings. The number of aromatic carboxylic acids is 1. The molecule has 0 spiro atoms. The molecular weight excluding hydrogens is 482 g/mol. The molecule has 10 nitrogen and oxygen atoms in total. The van der Waals surface area contributed by atoms with Crippen LogP contribution in [0.5, 0.6) is 5.75 Å². The van der Waals surface area contributed by atoms with Gasteiger partial charge in [0.2, 0.25) is 5.91 Å². The van der Waals surface area contributed by atoms with Crippen molar-refractivity contribution in [2.75, 3.05) is 5.32 Å². The lowest BCUT2D eigenvalue weighted by molar-refractivity contribution is -0.116. The Hall–Kier alpha value is -4.51. The van der Waals surface area contributed by atoms with Gasteiger partial charge in [-0.2, -0.15) is 0 Å². The summed E-state index contributed by atoms with van der Waals surface area (Å²) in [6, 6.07) is 12.1. The molecule has 36 heavy (non-hydrogen) atoms. The van der Waals surface area contributed by atoms with Crippen LogP contribution in [0, 0.1) is 0 Å². The Labute approximate surface area is 208 Å². The third-order valence-electron chi connectivity index (χ3n) is 5.59. The highest BCUT2D eigenvalue weighted by Crippen LogP contribution is 2.42. The number of aryl methyl sites for hydroxylation is 1. The van der Waals surface area contributed by atoms with Crippen LogP contribution in [0.2, 0.25) is 0 Å². The van der Waals surface area contributed by atoms with Gasteiger partial charge in [-0.25, -0.2) is 9.78 Å². The smallest absolute Gasteiger partial charge is 0.339 e. The highest BCUT2D eigenvalue weighted by atomic mass is 32.1. The van der Waals surface area contributed by atoms with Crippen LogP contribution < -0.4 is 5.32 Å². The number of amides is 1. The number of furan rings is 1. The van der Waals surface area contributed by atoms with Crippen LogP contribution in [0.3, 0.4) is 0 Å². The minimum Gasteiger partial charge on any atom is -0.507 e. The molecule has 3 heterocycles. The predicted octanol–water partition coefficient (Wildman–Crippen LogP) is 5.03. The van der Waals surface area contributed by atoms with Crippen molar-refractivity contribution in [1.29, 1.82) is 0 Å². The fraction of sp³-hybridized carbons (Fsp3) is 0.160. The van der Waals surface area contributed by atoms with Crippen molar-refractivity contribution >= 4 is 39.3 Å². The summed E-state index contributed by atoms with van der Waals surface area (Å²) >= 11 is 1.37. The number of aromatic hydroxyl groups is 1. The summed E-state index contributed by atoms with van der Waals surface area (Å²) in [5.74, 6) is -1.21. The molecule has 11 heteroatoms. The monoisotopic (exact) mass is 503 g/mol. The molecule has 0 atom stereocenters. The molecule has 0 aliphatic carbocycles. The molecule has 3 N–H and O–H groups in total. The maximum Gasteiger partial charge on any atom is 0.339 e. The number of carboxylic acids is 1. The van der Waals surface area contributed by atoms with E-state index in [1.807, 2.05) is 30.3 Å². The first kappa shape index (κ1) is 23.2. The number of rotatable bonds is 9. The Balaban J connectivity index is 1.38. The van der Waals surface area contributed by atoms with Gasteiger partial charge >= 0.3 is 5.97 Å². The van der Waals surface area contributed by atoms with Gasteiger partial charge in [-0.1, -0.05) is 35.5 Å². The first-order chi connectivity index (χ1) is 17.5. The highest BCUT2D eigenvalue weighted by Gasteiger charge is 2.23. The van der Waals surface area contributed by atoms with E-state index in [0.717, 1.165) is 5.56 Å². The summed E-state index contributed by atoms with van der Waals surface area (Å²) < 4.78 is 7.73. The van der Waals surface area contributed by atoms with Gasteiger partial charge in [0, 0.05) is 41.6 Å². The Morgan fingerprint density at radius 1 is 1.14 bits per heavy atom. The van der Waals surface area contributed by atoms with E-state index in [2.05, 4.69) is 20.6 Å². The molecule has 0 bridgehead atoms. The fourth-order valence-corrected chi connectivity index (χ4v) is 4.44. The Bertz CT molecular complexity index is 1530. The number of thiazole rings is 1. The largest absolute Gasteiger partial charge is 0.507 e. The van der Waals surface area contributed by atoms with Crippen LogP contribution in [0.25, 0.3) is 33.6 Å². The second-order valence-electron chi connectivity index (χ2n) is 8.05. The number of unbranched alkanes of at least 4 members (excludes halogenated alkanes) is 1. The minimum absolute atomic E-state index is 0.0842. The average Bonchev–Trinajstić information content (AvgIpc) is 3.61. The lowest BCUT2D eigenvalue weighted by atomic mass is 10.0. The van der Waals surface area contributed by atoms with Crippen LogP contribution >= 0.6 is 11.3 Å². The number of nitrogens with zero attached hydrogens (tertiary/aromatic N) is 4. The van der Waals surface area contributed by atoms with E-state index < -0.39 is 5.97 Å². The summed E-state index contributed by atoms with van der Waals surface area (Å²) in [7, 11) is 0. The van der Waals surface area contributed by atoms with Crippen LogP contribution in [-0.4, -0.2) is 42.1 Å². The summed E-state index contributed by atoms with van der Waals surface area (Å²) in [5.41, 5.74) is 1.99. The predicted molar refractivity (Wildman–Crippen MR) is 134 cm³/mol. The number of hydrogen-bond donors (Lipinski definition) is 3. The van der Waals surface area contributed by atoms with Crippen molar-refractivity contribution < 1.29 is 24.2 Å². The lowest BCUT2D eigenvalue weighted by Gasteiger charge is -2.02. The SMILES string of the molecule is O=C(CCCCn1cc(-c2c(-c3ccccc3)oc3cc(O)c(C(=O)O)cc23)nn1)Nc1nccs1. The van der Waals surface area contributed by atoms with Gasteiger partial charge in [0.15, 0.2) is 5.13 Å². The molecule has 0 aliphatic heterocycles. The number of nitrogens with one attached hydrogen (secondary N) is 1. The second-order valence-corrected chi connectivity index (χ2v) is 8.95. The minimum atomic E-state index is -1.25. The Morgan fingerprint density at radius 2 is 1.97 bits per heavy atom. The summed E-state index contributed by atoms with van der Waals surface area (Å²) in [5, 5.41) is 33.8. The van der Waals surface area contributed by atoms with Crippen LogP contribution in [-0.2, 0) is 11.3 Å². The summed E-state index contributed by atoms with van der Waals surface area (Å²) in [6.45, 7) is 0.551. The van der Waals surface area contributed by atoms with Crippen molar-refractivity contribution in [3.63, 3.8) is 0 Å². The molecule has 1 amide bonds. The normalized spacial score (nSPS) is 11.1. The van der Waals surface area contributed by atoms with E-state index in [1.54, 1.807) is 22.5 Å². The Morgan fingerprint density at radius 3 is 2.72 bits per heavy atom. The van der Waals surface area contributed by atoms with Crippen LogP contribution in [0.1, 0.15) is 29.6 Å². The Kier molecular flexibility index (Phi) is 6.46. The molecule has 2 aromatic carbocycles. The topological polar surface area (TPSA) is 143 Å². The molecule has 0 saturated carbocycles. The third-order valence-corrected chi connectivity index (χ3v) is 6.28. The quantitative estimate of drug-likeness (QED) is 0.238. The van der Waals surface area contributed by atoms with Gasteiger partial charge in [0.1, 0.15) is 28.4 Å². The van der Waals surface area contributed by atoms with Crippen molar-refractivity contribution in [3.8, 4) is 28.3 Å². The molecule has 0 unspecified atom stereocenters. The van der Waals surface area contributed by atoms with Gasteiger partial charge in [0.25, 0.3) is 0 Å².